The SMILES string of the molecule is CC(C)C[C@H](N)C(=O)N[C@@H](Cc1ccccc1)C(=O)N1CCC[C@H]1C(=O)NCC(=O)N[C@@H](CCC(N)=O)C(=O)N[C@@H](Cc1ccccc1)C(=O)N[C@@H](C)C(=O)N[C@@H](Cc1ccccc1)C(=O)N[C@@H](CO)C(N)=O. The number of hydrogen-bond donors (Lipinski definition) is 11. The van der Waals surface area contributed by atoms with Gasteiger partial charge in [0.25, 0.3) is 0 Å². The molecule has 3 aromatic carbocycles. The smallest absolute Gasteiger partial charge is 0.246 e. The Bertz CT molecular complexity index is 2380. The number of nitrogens with two attached hydrogens (primary N) is 3. The molecule has 0 aliphatic carbocycles. The standard InChI is InChI=1S/C51H69N11O11/c1-30(2)24-35(52)46(68)60-39(27-34-18-11-6-12-19-34)51(73)62-23-13-20-41(62)50(72)55-28-43(65)57-36(21-22-42(53)64)47(69)59-37(25-32-14-7-4-8-15-32)48(70)56-31(3)45(67)58-38(26-33-16-9-5-10-17-33)49(71)61-40(29-63)44(54)66/h4-12,14-19,30-31,35-41,63H,13,20-29,52H2,1-3H3,(H2,53,64)(H2,54,66)(H,55,72)(H,56,70)(H,57,65)(H,58,67)(H,59,69)(H,60,68)(H,61,71)/t31-,35-,36-,37-,38-,39-,40-,41-/m0/s1. The van der Waals surface area contributed by atoms with Crippen LogP contribution in [0.2, 0.25) is 0 Å². The van der Waals surface area contributed by atoms with Gasteiger partial charge >= 0.3 is 0 Å². The molecular weight excluding hydrogens is 943 g/mol. The number of hydrogen-bond acceptors (Lipinski definition) is 12. The maximum atomic E-state index is 14.1. The average molecular weight is 1010 g/mol. The highest BCUT2D eigenvalue weighted by atomic mass is 16.3. The highest BCUT2D eigenvalue weighted by Crippen LogP contribution is 2.20. The van der Waals surface area contributed by atoms with Gasteiger partial charge in [-0.2, -0.15) is 0 Å². The van der Waals surface area contributed by atoms with Crippen LogP contribution in [0.4, 0.5) is 0 Å². The number of aliphatic hydroxyl groups is 1. The number of amides is 10. The first kappa shape index (κ1) is 57.9. The van der Waals surface area contributed by atoms with Gasteiger partial charge in [0.05, 0.1) is 19.2 Å². The molecule has 10 amide bonds. The molecule has 22 nitrogen and oxygen atoms in total. The Labute approximate surface area is 424 Å². The zero-order valence-electron chi connectivity index (χ0n) is 41.3. The average Bonchev–Trinajstić information content (AvgIpc) is 3.86. The molecule has 394 valence electrons. The number of aliphatic hydroxyl groups excluding tert-OH is 1. The molecule has 0 radical (unpaired) electrons. The molecule has 73 heavy (non-hydrogen) atoms. The van der Waals surface area contributed by atoms with Crippen LogP contribution in [0.3, 0.4) is 0 Å². The molecule has 1 fully saturated rings. The van der Waals surface area contributed by atoms with E-state index in [1.807, 2.05) is 32.0 Å². The second kappa shape index (κ2) is 29.0. The Morgan fingerprint density at radius 1 is 0.603 bits per heavy atom. The second-order valence-corrected chi connectivity index (χ2v) is 18.4. The summed E-state index contributed by atoms with van der Waals surface area (Å²) < 4.78 is 0. The molecule has 8 atom stereocenters. The summed E-state index contributed by atoms with van der Waals surface area (Å²) in [6.07, 6.45) is 0.418. The molecule has 0 bridgehead atoms. The highest BCUT2D eigenvalue weighted by molar-refractivity contribution is 5.98. The summed E-state index contributed by atoms with van der Waals surface area (Å²) in [6.45, 7) is 3.93. The first-order valence-electron chi connectivity index (χ1n) is 24.2. The van der Waals surface area contributed by atoms with Gasteiger partial charge in [-0.1, -0.05) is 105 Å². The molecular formula is C51H69N11O11. The molecule has 14 N–H and O–H groups in total. The van der Waals surface area contributed by atoms with Crippen LogP contribution in [-0.4, -0.2) is 137 Å². The van der Waals surface area contributed by atoms with Gasteiger partial charge in [0.15, 0.2) is 0 Å². The predicted molar refractivity (Wildman–Crippen MR) is 268 cm³/mol. The Kier molecular flexibility index (Phi) is 23.0. The second-order valence-electron chi connectivity index (χ2n) is 18.4. The van der Waals surface area contributed by atoms with E-state index in [0.29, 0.717) is 24.0 Å². The molecule has 1 aliphatic rings. The summed E-state index contributed by atoms with van der Waals surface area (Å²) in [5.41, 5.74) is 18.9. The van der Waals surface area contributed by atoms with Gasteiger partial charge < -0.3 is 64.4 Å². The Morgan fingerprint density at radius 3 is 1.56 bits per heavy atom. The van der Waals surface area contributed by atoms with Crippen LogP contribution in [0, 0.1) is 5.92 Å². The minimum absolute atomic E-state index is 0.0469. The van der Waals surface area contributed by atoms with Crippen LogP contribution in [0.25, 0.3) is 0 Å². The Hall–Kier alpha value is -7.72. The lowest BCUT2D eigenvalue weighted by molar-refractivity contribution is -0.141. The number of carbonyl (C=O) groups is 10. The van der Waals surface area contributed by atoms with E-state index < -0.39 is 121 Å². The Morgan fingerprint density at radius 2 is 1.07 bits per heavy atom. The molecule has 0 spiro atoms. The minimum Gasteiger partial charge on any atom is -0.394 e. The summed E-state index contributed by atoms with van der Waals surface area (Å²) in [4.78, 5) is 134. The molecule has 3 aromatic rings. The van der Waals surface area contributed by atoms with Crippen LogP contribution >= 0.6 is 0 Å². The number of benzene rings is 3. The lowest BCUT2D eigenvalue weighted by Crippen LogP contribution is -2.59. The molecule has 0 unspecified atom stereocenters. The first-order valence-corrected chi connectivity index (χ1v) is 24.2. The minimum atomic E-state index is -1.46. The van der Waals surface area contributed by atoms with Crippen LogP contribution < -0.4 is 54.4 Å². The fourth-order valence-electron chi connectivity index (χ4n) is 8.08. The summed E-state index contributed by atoms with van der Waals surface area (Å²) >= 11 is 0. The Balaban J connectivity index is 1.45. The van der Waals surface area contributed by atoms with E-state index in [4.69, 9.17) is 17.2 Å². The van der Waals surface area contributed by atoms with Crippen LogP contribution in [-0.2, 0) is 67.2 Å². The number of primary amides is 2. The van der Waals surface area contributed by atoms with E-state index in [-0.39, 0.29) is 51.0 Å². The zero-order valence-corrected chi connectivity index (χ0v) is 41.3. The molecule has 0 saturated carbocycles. The molecule has 4 rings (SSSR count). The van der Waals surface area contributed by atoms with Crippen molar-refractivity contribution in [2.45, 2.75) is 120 Å². The largest absolute Gasteiger partial charge is 0.394 e. The quantitative estimate of drug-likeness (QED) is 0.0372. The lowest BCUT2D eigenvalue weighted by Gasteiger charge is -2.29. The normalized spacial score (nSPS) is 16.0. The lowest BCUT2D eigenvalue weighted by atomic mass is 10.0. The van der Waals surface area contributed by atoms with E-state index in [1.165, 1.54) is 11.8 Å². The van der Waals surface area contributed by atoms with Crippen molar-refractivity contribution in [3.8, 4) is 0 Å². The molecule has 1 aliphatic heterocycles. The molecule has 22 heteroatoms. The third-order valence-corrected chi connectivity index (χ3v) is 12.0. The van der Waals surface area contributed by atoms with Crippen molar-refractivity contribution in [1.82, 2.24) is 42.1 Å². The number of carbonyl (C=O) groups excluding carboxylic acids is 10. The summed E-state index contributed by atoms with van der Waals surface area (Å²) in [5, 5.41) is 27.4. The monoisotopic (exact) mass is 1010 g/mol. The fraction of sp³-hybridized carbons (Fsp3) is 0.451. The highest BCUT2D eigenvalue weighted by Gasteiger charge is 2.39. The van der Waals surface area contributed by atoms with Crippen molar-refractivity contribution < 1.29 is 53.1 Å². The number of rotatable bonds is 28. The van der Waals surface area contributed by atoms with Crippen LogP contribution in [0.15, 0.2) is 91.0 Å². The van der Waals surface area contributed by atoms with E-state index in [1.54, 1.807) is 72.8 Å². The number of nitrogens with zero attached hydrogens (tertiary/aromatic N) is 1. The van der Waals surface area contributed by atoms with Gasteiger partial charge in [0, 0.05) is 32.2 Å². The van der Waals surface area contributed by atoms with Crippen LogP contribution in [0.5, 0.6) is 0 Å². The summed E-state index contributed by atoms with van der Waals surface area (Å²) in [7, 11) is 0. The van der Waals surface area contributed by atoms with E-state index in [9.17, 15) is 53.1 Å². The number of nitrogens with one attached hydrogen (secondary N) is 7. The molecule has 0 aromatic heterocycles. The van der Waals surface area contributed by atoms with Gasteiger partial charge in [-0.05, 0) is 55.2 Å². The fourth-order valence-corrected chi connectivity index (χ4v) is 8.08. The molecule has 1 heterocycles. The van der Waals surface area contributed by atoms with E-state index in [2.05, 4.69) is 37.2 Å². The van der Waals surface area contributed by atoms with Crippen molar-refractivity contribution in [2.24, 2.45) is 23.1 Å². The molecule has 1 saturated heterocycles. The number of likely N-dealkylation sites (tertiary alicyclic amines) is 1. The van der Waals surface area contributed by atoms with Crippen molar-refractivity contribution in [2.75, 3.05) is 19.7 Å². The van der Waals surface area contributed by atoms with Gasteiger partial charge in [0.2, 0.25) is 59.1 Å². The first-order chi connectivity index (χ1) is 34.8. The zero-order chi connectivity index (χ0) is 53.6. The summed E-state index contributed by atoms with van der Waals surface area (Å²) in [5.74, 6) is -7.62. The van der Waals surface area contributed by atoms with Gasteiger partial charge in [0.1, 0.15) is 42.3 Å². The van der Waals surface area contributed by atoms with Gasteiger partial charge in [-0.15, -0.1) is 0 Å². The maximum Gasteiger partial charge on any atom is 0.246 e. The van der Waals surface area contributed by atoms with Gasteiger partial charge in [-0.3, -0.25) is 47.9 Å². The van der Waals surface area contributed by atoms with Crippen LogP contribution in [0.1, 0.15) is 69.6 Å². The van der Waals surface area contributed by atoms with E-state index >= 15 is 0 Å². The van der Waals surface area contributed by atoms with Crippen molar-refractivity contribution in [3.63, 3.8) is 0 Å². The topological polar surface area (TPSA) is 356 Å². The maximum absolute atomic E-state index is 14.1. The van der Waals surface area contributed by atoms with Crippen molar-refractivity contribution in [3.05, 3.63) is 108 Å². The summed E-state index contributed by atoms with van der Waals surface area (Å²) in [6, 6.07) is 16.4. The van der Waals surface area contributed by atoms with Crippen molar-refractivity contribution in [1.29, 1.82) is 0 Å². The third-order valence-electron chi connectivity index (χ3n) is 12.0. The predicted octanol–water partition coefficient (Wildman–Crippen LogP) is -2.13. The third kappa shape index (κ3) is 19.1. The van der Waals surface area contributed by atoms with E-state index in [0.717, 1.165) is 5.56 Å². The van der Waals surface area contributed by atoms with Crippen molar-refractivity contribution >= 4 is 59.1 Å². The van der Waals surface area contributed by atoms with Gasteiger partial charge in [-0.25, -0.2) is 0 Å².